The Balaban J connectivity index is 1.85. The van der Waals surface area contributed by atoms with Crippen LogP contribution in [-0.4, -0.2) is 28.5 Å². The Hall–Kier alpha value is -3.45. The van der Waals surface area contributed by atoms with E-state index in [0.29, 0.717) is 22.0 Å². The van der Waals surface area contributed by atoms with Crippen LogP contribution >= 0.6 is 11.6 Å². The molecule has 1 amide bonds. The summed E-state index contributed by atoms with van der Waals surface area (Å²) in [6.45, 7) is 1.84. The zero-order valence-corrected chi connectivity index (χ0v) is 16.3. The van der Waals surface area contributed by atoms with Crippen molar-refractivity contribution >= 4 is 23.5 Å². The van der Waals surface area contributed by atoms with Crippen LogP contribution in [0.5, 0.6) is 0 Å². The first-order valence-electron chi connectivity index (χ1n) is 8.87. The molecule has 7 nitrogen and oxygen atoms in total. The molecule has 29 heavy (non-hydrogen) atoms. The molecule has 0 fully saturated rings. The molecule has 1 aromatic heterocycles. The molecule has 0 aliphatic carbocycles. The first kappa shape index (κ1) is 20.3. The van der Waals surface area contributed by atoms with Gasteiger partial charge in [-0.15, -0.1) is 0 Å². The van der Waals surface area contributed by atoms with Crippen LogP contribution in [0.4, 0.5) is 0 Å². The van der Waals surface area contributed by atoms with E-state index in [0.717, 1.165) is 0 Å². The average molecular weight is 412 g/mol. The van der Waals surface area contributed by atoms with Crippen LogP contribution < -0.4 is 10.9 Å². The third-order valence-electron chi connectivity index (χ3n) is 4.09. The lowest BCUT2D eigenvalue weighted by Crippen LogP contribution is -2.37. The number of carbonyl (C=O) groups is 2. The summed E-state index contributed by atoms with van der Waals surface area (Å²) in [5.74, 6) is -1.05. The molecule has 0 spiro atoms. The van der Waals surface area contributed by atoms with Gasteiger partial charge in [0, 0.05) is 16.8 Å². The number of aromatic nitrogens is 2. The number of nitrogens with one attached hydrogen (secondary N) is 2. The maximum absolute atomic E-state index is 12.7. The number of benzene rings is 2. The quantitative estimate of drug-likeness (QED) is 0.607. The molecule has 1 unspecified atom stereocenters. The molecule has 0 radical (unpaired) electrons. The highest BCUT2D eigenvalue weighted by molar-refractivity contribution is 6.30. The van der Waals surface area contributed by atoms with Gasteiger partial charge in [0.2, 0.25) is 0 Å². The minimum Gasteiger partial charge on any atom is -0.464 e. The van der Waals surface area contributed by atoms with Crippen LogP contribution in [0.1, 0.15) is 28.9 Å². The monoisotopic (exact) mass is 411 g/mol. The normalized spacial score (nSPS) is 11.5. The summed E-state index contributed by atoms with van der Waals surface area (Å²) in [6.07, 6.45) is 1.17. The summed E-state index contributed by atoms with van der Waals surface area (Å²) < 4.78 is 5.05. The topological polar surface area (TPSA) is 101 Å². The molecular formula is C21H18ClN3O4. The maximum Gasteiger partial charge on any atom is 0.333 e. The van der Waals surface area contributed by atoms with Crippen LogP contribution in [0.25, 0.3) is 11.4 Å². The standard InChI is InChI=1S/C21H18ClN3O4/c1-2-29-21(28)17(13-6-4-3-5-7-13)24-19(26)16-12-23-18(25-20(16)27)14-8-10-15(22)11-9-14/h3-12,17H,2H2,1H3,(H,24,26)(H,23,25,27). The largest absolute Gasteiger partial charge is 0.464 e. The Morgan fingerprint density at radius 3 is 2.45 bits per heavy atom. The van der Waals surface area contributed by atoms with Gasteiger partial charge in [0.15, 0.2) is 6.04 Å². The summed E-state index contributed by atoms with van der Waals surface area (Å²) in [6, 6.07) is 14.3. The van der Waals surface area contributed by atoms with Crippen LogP contribution in [0, 0.1) is 0 Å². The van der Waals surface area contributed by atoms with Gasteiger partial charge in [0.1, 0.15) is 11.4 Å². The molecule has 148 valence electrons. The molecule has 1 atom stereocenters. The third-order valence-corrected chi connectivity index (χ3v) is 4.34. The minimum atomic E-state index is -1.04. The van der Waals surface area contributed by atoms with Gasteiger partial charge in [-0.2, -0.15) is 0 Å². The summed E-state index contributed by atoms with van der Waals surface area (Å²) in [7, 11) is 0. The van der Waals surface area contributed by atoms with Gasteiger partial charge in [0.05, 0.1) is 6.61 Å². The van der Waals surface area contributed by atoms with E-state index in [9.17, 15) is 14.4 Å². The molecule has 0 saturated heterocycles. The van der Waals surface area contributed by atoms with Crippen molar-refractivity contribution in [3.05, 3.63) is 87.3 Å². The molecular weight excluding hydrogens is 394 g/mol. The first-order chi connectivity index (χ1) is 14.0. The van der Waals surface area contributed by atoms with Gasteiger partial charge in [-0.3, -0.25) is 9.59 Å². The summed E-state index contributed by atoms with van der Waals surface area (Å²) >= 11 is 5.86. The van der Waals surface area contributed by atoms with Gasteiger partial charge in [0.25, 0.3) is 11.5 Å². The van der Waals surface area contributed by atoms with E-state index in [2.05, 4.69) is 15.3 Å². The highest BCUT2D eigenvalue weighted by Crippen LogP contribution is 2.18. The number of amides is 1. The Morgan fingerprint density at radius 2 is 1.83 bits per heavy atom. The van der Waals surface area contributed by atoms with Gasteiger partial charge in [-0.05, 0) is 36.8 Å². The smallest absolute Gasteiger partial charge is 0.333 e. The molecule has 8 heteroatoms. The van der Waals surface area contributed by atoms with Crippen LogP contribution in [-0.2, 0) is 9.53 Å². The van der Waals surface area contributed by atoms with Gasteiger partial charge < -0.3 is 15.0 Å². The molecule has 0 aliphatic heterocycles. The molecule has 0 saturated carbocycles. The van der Waals surface area contributed by atoms with Crippen molar-refractivity contribution in [3.63, 3.8) is 0 Å². The Kier molecular flexibility index (Phi) is 6.41. The molecule has 1 heterocycles. The van der Waals surface area contributed by atoms with E-state index in [4.69, 9.17) is 16.3 Å². The fourth-order valence-electron chi connectivity index (χ4n) is 2.67. The second kappa shape index (κ2) is 9.16. The number of rotatable bonds is 6. The number of aromatic amines is 1. The van der Waals surface area contributed by atoms with E-state index < -0.39 is 23.5 Å². The Bertz CT molecular complexity index is 1070. The minimum absolute atomic E-state index is 0.163. The number of H-pyrrole nitrogens is 1. The van der Waals surface area contributed by atoms with Crippen molar-refractivity contribution in [2.75, 3.05) is 6.61 Å². The van der Waals surface area contributed by atoms with Crippen molar-refractivity contribution < 1.29 is 14.3 Å². The van der Waals surface area contributed by atoms with E-state index in [1.807, 2.05) is 0 Å². The van der Waals surface area contributed by atoms with E-state index >= 15 is 0 Å². The fraction of sp³-hybridized carbons (Fsp3) is 0.143. The summed E-state index contributed by atoms with van der Waals surface area (Å²) in [4.78, 5) is 44.1. The number of hydrogen-bond donors (Lipinski definition) is 2. The van der Waals surface area contributed by atoms with E-state index in [-0.39, 0.29) is 12.2 Å². The average Bonchev–Trinajstić information content (AvgIpc) is 2.73. The predicted octanol–water partition coefficient (Wildman–Crippen LogP) is 3.12. The highest BCUT2D eigenvalue weighted by atomic mass is 35.5. The molecule has 3 rings (SSSR count). The Labute approximate surface area is 171 Å². The van der Waals surface area contributed by atoms with Crippen molar-refractivity contribution in [3.8, 4) is 11.4 Å². The van der Waals surface area contributed by atoms with Crippen LogP contribution in [0.15, 0.2) is 65.6 Å². The van der Waals surface area contributed by atoms with Crippen molar-refractivity contribution in [2.24, 2.45) is 0 Å². The number of carbonyl (C=O) groups excluding carboxylic acids is 2. The Morgan fingerprint density at radius 1 is 1.14 bits per heavy atom. The predicted molar refractivity (Wildman–Crippen MR) is 109 cm³/mol. The highest BCUT2D eigenvalue weighted by Gasteiger charge is 2.25. The van der Waals surface area contributed by atoms with E-state index in [1.54, 1.807) is 61.5 Å². The molecule has 3 aromatic rings. The van der Waals surface area contributed by atoms with Crippen molar-refractivity contribution in [1.82, 2.24) is 15.3 Å². The first-order valence-corrected chi connectivity index (χ1v) is 9.25. The number of ether oxygens (including phenoxy) is 1. The molecule has 0 aliphatic rings. The zero-order valence-electron chi connectivity index (χ0n) is 15.5. The second-order valence-electron chi connectivity index (χ2n) is 6.05. The van der Waals surface area contributed by atoms with Gasteiger partial charge >= 0.3 is 5.97 Å². The SMILES string of the molecule is CCOC(=O)C(NC(=O)c1cnc(-c2ccc(Cl)cc2)[nH]c1=O)c1ccccc1. The second-order valence-corrected chi connectivity index (χ2v) is 6.49. The van der Waals surface area contributed by atoms with Crippen molar-refractivity contribution in [1.29, 1.82) is 0 Å². The molecule has 0 bridgehead atoms. The lowest BCUT2D eigenvalue weighted by Gasteiger charge is -2.17. The summed E-state index contributed by atoms with van der Waals surface area (Å²) in [5, 5.41) is 3.10. The van der Waals surface area contributed by atoms with Crippen LogP contribution in [0.2, 0.25) is 5.02 Å². The maximum atomic E-state index is 12.7. The van der Waals surface area contributed by atoms with Gasteiger partial charge in [-0.25, -0.2) is 9.78 Å². The lowest BCUT2D eigenvalue weighted by atomic mass is 10.1. The molecule has 2 N–H and O–H groups in total. The number of esters is 1. The van der Waals surface area contributed by atoms with E-state index in [1.165, 1.54) is 6.20 Å². The number of nitrogens with zero attached hydrogens (tertiary/aromatic N) is 1. The number of hydrogen-bond acceptors (Lipinski definition) is 5. The summed E-state index contributed by atoms with van der Waals surface area (Å²) in [5.41, 5.74) is 0.347. The molecule has 2 aromatic carbocycles. The lowest BCUT2D eigenvalue weighted by molar-refractivity contribution is -0.145. The van der Waals surface area contributed by atoms with Gasteiger partial charge in [-0.1, -0.05) is 41.9 Å². The van der Waals surface area contributed by atoms with Crippen molar-refractivity contribution in [2.45, 2.75) is 13.0 Å². The third kappa shape index (κ3) is 4.89. The fourth-order valence-corrected chi connectivity index (χ4v) is 2.80. The number of halogens is 1. The zero-order chi connectivity index (χ0) is 20.8. The van der Waals surface area contributed by atoms with Crippen LogP contribution in [0.3, 0.4) is 0 Å².